The topological polar surface area (TPSA) is 15.8 Å². The maximum absolute atomic E-state index is 3.57. The van der Waals surface area contributed by atoms with Crippen LogP contribution < -0.4 is 0 Å². The molecular formula is C27H21N. The number of hydrogen-bond acceptors (Lipinski definition) is 0. The average molecular weight is 359 g/mol. The van der Waals surface area contributed by atoms with Crippen molar-refractivity contribution < 1.29 is 0 Å². The smallest absolute Gasteiger partial charge is 0.0471 e. The summed E-state index contributed by atoms with van der Waals surface area (Å²) in [6.07, 6.45) is 0. The number of benzene rings is 4. The molecular weight excluding hydrogens is 338 g/mol. The predicted molar refractivity (Wildman–Crippen MR) is 119 cm³/mol. The van der Waals surface area contributed by atoms with Gasteiger partial charge in [-0.3, -0.25) is 0 Å². The van der Waals surface area contributed by atoms with Crippen molar-refractivity contribution in [3.05, 3.63) is 96.1 Å². The summed E-state index contributed by atoms with van der Waals surface area (Å²) in [6, 6.07) is 31.1. The Bertz CT molecular complexity index is 1380. The molecule has 4 aromatic carbocycles. The third kappa shape index (κ3) is 2.02. The van der Waals surface area contributed by atoms with Crippen molar-refractivity contribution >= 4 is 21.8 Å². The molecule has 0 spiro atoms. The second-order valence-electron chi connectivity index (χ2n) is 8.36. The molecule has 28 heavy (non-hydrogen) atoms. The summed E-state index contributed by atoms with van der Waals surface area (Å²) in [7, 11) is 0. The fourth-order valence-electron chi connectivity index (χ4n) is 4.93. The highest BCUT2D eigenvalue weighted by molar-refractivity contribution is 6.08. The molecule has 0 unspecified atom stereocenters. The highest BCUT2D eigenvalue weighted by atomic mass is 14.7. The Morgan fingerprint density at radius 2 is 1.25 bits per heavy atom. The summed E-state index contributed by atoms with van der Waals surface area (Å²) in [5.74, 6) is 0. The van der Waals surface area contributed by atoms with Crippen LogP contribution in [0.25, 0.3) is 44.1 Å². The lowest BCUT2D eigenvalue weighted by molar-refractivity contribution is 0.660. The maximum Gasteiger partial charge on any atom is 0.0471 e. The number of fused-ring (bicyclic) bond motifs is 6. The molecule has 0 fully saturated rings. The Kier molecular flexibility index (Phi) is 3.01. The second kappa shape index (κ2) is 5.36. The molecule has 0 atom stereocenters. The molecule has 134 valence electrons. The van der Waals surface area contributed by atoms with Gasteiger partial charge in [0.25, 0.3) is 0 Å². The van der Waals surface area contributed by atoms with Gasteiger partial charge in [0.1, 0.15) is 0 Å². The van der Waals surface area contributed by atoms with E-state index in [1.54, 1.807) is 0 Å². The zero-order valence-corrected chi connectivity index (χ0v) is 16.1. The highest BCUT2D eigenvalue weighted by Gasteiger charge is 2.35. The van der Waals surface area contributed by atoms with Gasteiger partial charge in [-0.1, -0.05) is 80.6 Å². The Labute approximate surface area is 164 Å². The molecule has 6 rings (SSSR count). The van der Waals surface area contributed by atoms with Crippen LogP contribution in [0.2, 0.25) is 0 Å². The van der Waals surface area contributed by atoms with E-state index in [4.69, 9.17) is 0 Å². The zero-order valence-electron chi connectivity index (χ0n) is 16.1. The molecule has 1 heterocycles. The Morgan fingerprint density at radius 3 is 2.18 bits per heavy atom. The maximum atomic E-state index is 3.57. The first kappa shape index (κ1) is 15.7. The van der Waals surface area contributed by atoms with Crippen molar-refractivity contribution in [3.63, 3.8) is 0 Å². The average Bonchev–Trinajstić information content (AvgIpc) is 3.21. The third-order valence-electron chi connectivity index (χ3n) is 6.42. The first-order valence-corrected chi connectivity index (χ1v) is 9.88. The lowest BCUT2D eigenvalue weighted by Crippen LogP contribution is -2.14. The lowest BCUT2D eigenvalue weighted by Gasteiger charge is -2.21. The van der Waals surface area contributed by atoms with Crippen molar-refractivity contribution in [1.82, 2.24) is 4.98 Å². The molecule has 1 N–H and O–H groups in total. The van der Waals surface area contributed by atoms with Gasteiger partial charge >= 0.3 is 0 Å². The summed E-state index contributed by atoms with van der Waals surface area (Å²) in [5.41, 5.74) is 10.6. The molecule has 1 aromatic heterocycles. The molecule has 1 aliphatic carbocycles. The fourth-order valence-corrected chi connectivity index (χ4v) is 4.93. The molecule has 0 saturated carbocycles. The minimum atomic E-state index is 0.0611. The molecule has 5 aromatic rings. The van der Waals surface area contributed by atoms with E-state index in [1.807, 2.05) is 0 Å². The minimum absolute atomic E-state index is 0.0611. The van der Waals surface area contributed by atoms with Crippen LogP contribution in [0.4, 0.5) is 0 Å². The van der Waals surface area contributed by atoms with Crippen molar-refractivity contribution in [2.45, 2.75) is 19.3 Å². The first-order chi connectivity index (χ1) is 13.6. The second-order valence-corrected chi connectivity index (χ2v) is 8.36. The van der Waals surface area contributed by atoms with Crippen molar-refractivity contribution in [3.8, 4) is 22.3 Å². The van der Waals surface area contributed by atoms with Gasteiger partial charge in [0.05, 0.1) is 0 Å². The largest absolute Gasteiger partial charge is 0.354 e. The zero-order chi connectivity index (χ0) is 18.9. The van der Waals surface area contributed by atoms with Crippen molar-refractivity contribution in [1.29, 1.82) is 0 Å². The summed E-state index contributed by atoms with van der Waals surface area (Å²) >= 11 is 0. The molecule has 0 aliphatic heterocycles. The minimum Gasteiger partial charge on any atom is -0.354 e. The van der Waals surface area contributed by atoms with Gasteiger partial charge in [-0.05, 0) is 51.6 Å². The van der Waals surface area contributed by atoms with Crippen molar-refractivity contribution in [2.75, 3.05) is 0 Å². The number of nitrogens with one attached hydrogen (secondary N) is 1. The van der Waals surface area contributed by atoms with Crippen LogP contribution in [0.15, 0.2) is 84.9 Å². The Balaban J connectivity index is 1.55. The van der Waals surface area contributed by atoms with Crippen LogP contribution in [0, 0.1) is 0 Å². The van der Waals surface area contributed by atoms with E-state index in [-0.39, 0.29) is 5.41 Å². The highest BCUT2D eigenvalue weighted by Crippen LogP contribution is 2.49. The molecule has 0 amide bonds. The standard InChI is InChI=1S/C27H21N/c1-27(2)23-9-5-3-7-19(23)22-15-17(12-14-24(22)27)18-11-13-21-20-8-4-6-10-25(20)28-26(21)16-18/h3-16,28H,1-2H3. The van der Waals surface area contributed by atoms with Crippen LogP contribution in [0.3, 0.4) is 0 Å². The molecule has 1 heteroatoms. The van der Waals surface area contributed by atoms with E-state index in [0.29, 0.717) is 0 Å². The van der Waals surface area contributed by atoms with Crippen LogP contribution in [-0.2, 0) is 5.41 Å². The van der Waals surface area contributed by atoms with Gasteiger partial charge in [-0.2, -0.15) is 0 Å². The van der Waals surface area contributed by atoms with Crippen LogP contribution in [0.1, 0.15) is 25.0 Å². The summed E-state index contributed by atoms with van der Waals surface area (Å²) in [5, 5.41) is 2.57. The molecule has 1 nitrogen and oxygen atoms in total. The van der Waals surface area contributed by atoms with Crippen LogP contribution in [-0.4, -0.2) is 4.98 Å². The van der Waals surface area contributed by atoms with E-state index in [2.05, 4.69) is 104 Å². The van der Waals surface area contributed by atoms with Gasteiger partial charge < -0.3 is 4.98 Å². The number of rotatable bonds is 1. The van der Waals surface area contributed by atoms with E-state index in [1.165, 1.54) is 55.2 Å². The van der Waals surface area contributed by atoms with Gasteiger partial charge in [0, 0.05) is 27.2 Å². The SMILES string of the molecule is CC1(C)c2ccccc2-c2cc(-c3ccc4c(c3)[nH]c3ccccc34)ccc21. The molecule has 0 saturated heterocycles. The number of para-hydroxylation sites is 1. The van der Waals surface area contributed by atoms with E-state index >= 15 is 0 Å². The molecule has 0 radical (unpaired) electrons. The first-order valence-electron chi connectivity index (χ1n) is 9.88. The van der Waals surface area contributed by atoms with E-state index in [0.717, 1.165) is 0 Å². The summed E-state index contributed by atoms with van der Waals surface area (Å²) in [6.45, 7) is 4.65. The predicted octanol–water partition coefficient (Wildman–Crippen LogP) is 7.29. The molecule has 0 bridgehead atoms. The van der Waals surface area contributed by atoms with Crippen LogP contribution >= 0.6 is 0 Å². The van der Waals surface area contributed by atoms with Gasteiger partial charge in [-0.15, -0.1) is 0 Å². The third-order valence-corrected chi connectivity index (χ3v) is 6.42. The lowest BCUT2D eigenvalue weighted by atomic mass is 9.82. The molecule has 1 aliphatic rings. The summed E-state index contributed by atoms with van der Waals surface area (Å²) in [4.78, 5) is 3.57. The van der Waals surface area contributed by atoms with Gasteiger partial charge in [0.2, 0.25) is 0 Å². The van der Waals surface area contributed by atoms with Crippen LogP contribution in [0.5, 0.6) is 0 Å². The van der Waals surface area contributed by atoms with Crippen molar-refractivity contribution in [2.24, 2.45) is 0 Å². The van der Waals surface area contributed by atoms with E-state index < -0.39 is 0 Å². The number of H-pyrrole nitrogens is 1. The normalized spacial score (nSPS) is 14.4. The number of aromatic amines is 1. The monoisotopic (exact) mass is 359 g/mol. The van der Waals surface area contributed by atoms with Gasteiger partial charge in [-0.25, -0.2) is 0 Å². The fraction of sp³-hybridized carbons (Fsp3) is 0.111. The Morgan fingerprint density at radius 1 is 0.571 bits per heavy atom. The Hall–Kier alpha value is -3.32. The van der Waals surface area contributed by atoms with Gasteiger partial charge in [0.15, 0.2) is 0 Å². The number of hydrogen-bond donors (Lipinski definition) is 1. The summed E-state index contributed by atoms with van der Waals surface area (Å²) < 4.78 is 0. The quantitative estimate of drug-likeness (QED) is 0.323. The van der Waals surface area contributed by atoms with E-state index in [9.17, 15) is 0 Å². The number of aromatic nitrogens is 1.